The number of phenols is 1. The van der Waals surface area contributed by atoms with Crippen LogP contribution in [0.3, 0.4) is 0 Å². The number of phenolic OH excluding ortho intramolecular Hbond substituents is 1. The number of aromatic hydroxyl groups is 1. The zero-order valence-corrected chi connectivity index (χ0v) is 7.14. The van der Waals surface area contributed by atoms with Crippen LogP contribution in [0.1, 0.15) is 0 Å². The SMILES string of the molecule is O=C1COC(=O)N1c1ccc(O)cc1. The topological polar surface area (TPSA) is 66.8 Å². The smallest absolute Gasteiger partial charge is 0.421 e. The number of rotatable bonds is 1. The standard InChI is InChI=1S/C9H7NO4/c11-7-3-1-6(2-4-7)10-8(12)5-14-9(10)13/h1-4,11H,5H2. The lowest BCUT2D eigenvalue weighted by Crippen LogP contribution is -2.28. The van der Waals surface area contributed by atoms with Gasteiger partial charge < -0.3 is 9.84 Å². The number of hydrogen-bond donors (Lipinski definition) is 1. The Kier molecular flexibility index (Phi) is 1.85. The van der Waals surface area contributed by atoms with E-state index in [4.69, 9.17) is 5.11 Å². The van der Waals surface area contributed by atoms with Crippen molar-refractivity contribution in [2.45, 2.75) is 0 Å². The summed E-state index contributed by atoms with van der Waals surface area (Å²) in [5, 5.41) is 9.01. The summed E-state index contributed by atoms with van der Waals surface area (Å²) < 4.78 is 4.54. The third-order valence-corrected chi connectivity index (χ3v) is 1.86. The van der Waals surface area contributed by atoms with Gasteiger partial charge in [0.25, 0.3) is 5.91 Å². The first-order chi connectivity index (χ1) is 6.68. The van der Waals surface area contributed by atoms with Gasteiger partial charge in [0.2, 0.25) is 0 Å². The van der Waals surface area contributed by atoms with Gasteiger partial charge in [-0.05, 0) is 24.3 Å². The van der Waals surface area contributed by atoms with E-state index < -0.39 is 12.0 Å². The molecule has 1 fully saturated rings. The maximum Gasteiger partial charge on any atom is 0.421 e. The van der Waals surface area contributed by atoms with E-state index >= 15 is 0 Å². The summed E-state index contributed by atoms with van der Waals surface area (Å²) in [4.78, 5) is 23.2. The molecular weight excluding hydrogens is 186 g/mol. The molecule has 5 heteroatoms. The van der Waals surface area contributed by atoms with Crippen LogP contribution in [0.15, 0.2) is 24.3 Å². The van der Waals surface area contributed by atoms with E-state index in [1.54, 1.807) is 0 Å². The Balaban J connectivity index is 2.34. The molecule has 14 heavy (non-hydrogen) atoms. The van der Waals surface area contributed by atoms with Gasteiger partial charge in [-0.3, -0.25) is 4.79 Å². The van der Waals surface area contributed by atoms with Gasteiger partial charge in [0.05, 0.1) is 5.69 Å². The Morgan fingerprint density at radius 1 is 1.21 bits per heavy atom. The van der Waals surface area contributed by atoms with Gasteiger partial charge in [0.1, 0.15) is 5.75 Å². The molecule has 0 aromatic heterocycles. The number of amides is 2. The summed E-state index contributed by atoms with van der Waals surface area (Å²) in [5.74, 6) is -0.325. The summed E-state index contributed by atoms with van der Waals surface area (Å²) in [6, 6.07) is 5.74. The molecule has 1 aliphatic rings. The second-order valence-corrected chi connectivity index (χ2v) is 2.80. The number of anilines is 1. The van der Waals surface area contributed by atoms with Gasteiger partial charge in [-0.2, -0.15) is 0 Å². The summed E-state index contributed by atoms with van der Waals surface area (Å²) in [6.07, 6.45) is -0.680. The lowest BCUT2D eigenvalue weighted by Gasteiger charge is -2.09. The van der Waals surface area contributed by atoms with Crippen molar-refractivity contribution < 1.29 is 19.4 Å². The van der Waals surface area contributed by atoms with Crippen LogP contribution in [-0.2, 0) is 9.53 Å². The number of benzene rings is 1. The third-order valence-electron chi connectivity index (χ3n) is 1.86. The largest absolute Gasteiger partial charge is 0.508 e. The highest BCUT2D eigenvalue weighted by molar-refractivity contribution is 6.16. The van der Waals surface area contributed by atoms with Crippen molar-refractivity contribution in [1.29, 1.82) is 0 Å². The average molecular weight is 193 g/mol. The molecule has 0 unspecified atom stereocenters. The zero-order chi connectivity index (χ0) is 10.1. The fraction of sp³-hybridized carbons (Fsp3) is 0.111. The van der Waals surface area contributed by atoms with E-state index in [1.165, 1.54) is 24.3 Å². The molecule has 0 bridgehead atoms. The molecule has 2 amide bonds. The number of nitrogens with zero attached hydrogens (tertiary/aromatic N) is 1. The zero-order valence-electron chi connectivity index (χ0n) is 7.14. The van der Waals surface area contributed by atoms with Crippen molar-refractivity contribution in [2.24, 2.45) is 0 Å². The number of cyclic esters (lactones) is 1. The van der Waals surface area contributed by atoms with E-state index in [9.17, 15) is 9.59 Å². The van der Waals surface area contributed by atoms with Crippen LogP contribution in [-0.4, -0.2) is 23.7 Å². The molecule has 1 heterocycles. The Hall–Kier alpha value is -2.04. The van der Waals surface area contributed by atoms with E-state index in [2.05, 4.69) is 4.74 Å². The molecule has 1 aromatic rings. The first-order valence-corrected chi connectivity index (χ1v) is 3.97. The molecule has 72 valence electrons. The van der Waals surface area contributed by atoms with E-state index in [0.717, 1.165) is 4.90 Å². The second-order valence-electron chi connectivity index (χ2n) is 2.80. The van der Waals surface area contributed by atoms with E-state index in [1.807, 2.05) is 0 Å². The molecule has 1 aromatic carbocycles. The van der Waals surface area contributed by atoms with Crippen molar-refractivity contribution in [1.82, 2.24) is 0 Å². The monoisotopic (exact) mass is 193 g/mol. The minimum Gasteiger partial charge on any atom is -0.508 e. The van der Waals surface area contributed by atoms with Crippen LogP contribution in [0, 0.1) is 0 Å². The Morgan fingerprint density at radius 3 is 2.36 bits per heavy atom. The van der Waals surface area contributed by atoms with Crippen molar-refractivity contribution in [3.8, 4) is 5.75 Å². The number of carbonyl (C=O) groups is 2. The molecule has 1 saturated heterocycles. The highest BCUT2D eigenvalue weighted by Gasteiger charge is 2.32. The van der Waals surface area contributed by atoms with E-state index in [-0.39, 0.29) is 12.4 Å². The van der Waals surface area contributed by atoms with Crippen molar-refractivity contribution in [3.63, 3.8) is 0 Å². The van der Waals surface area contributed by atoms with Gasteiger partial charge in [0, 0.05) is 0 Å². The molecule has 2 rings (SSSR count). The first-order valence-electron chi connectivity index (χ1n) is 3.97. The van der Waals surface area contributed by atoms with Crippen LogP contribution >= 0.6 is 0 Å². The maximum atomic E-state index is 11.2. The number of carbonyl (C=O) groups excluding carboxylic acids is 2. The van der Waals surface area contributed by atoms with Crippen LogP contribution in [0.4, 0.5) is 10.5 Å². The minimum atomic E-state index is -0.680. The van der Waals surface area contributed by atoms with Gasteiger partial charge in [-0.15, -0.1) is 0 Å². The fourth-order valence-electron chi connectivity index (χ4n) is 1.21. The molecule has 0 saturated carbocycles. The lowest BCUT2D eigenvalue weighted by molar-refractivity contribution is -0.117. The Morgan fingerprint density at radius 2 is 1.86 bits per heavy atom. The van der Waals surface area contributed by atoms with Crippen LogP contribution in [0.5, 0.6) is 5.75 Å². The molecule has 0 atom stereocenters. The van der Waals surface area contributed by atoms with Gasteiger partial charge in [-0.25, -0.2) is 9.69 Å². The predicted molar refractivity (Wildman–Crippen MR) is 46.9 cm³/mol. The molecule has 0 radical (unpaired) electrons. The summed E-state index contributed by atoms with van der Waals surface area (Å²) in [6.45, 7) is -0.223. The summed E-state index contributed by atoms with van der Waals surface area (Å²) in [7, 11) is 0. The first kappa shape index (κ1) is 8.55. The number of hydrogen-bond acceptors (Lipinski definition) is 4. The molecule has 0 spiro atoms. The molecule has 5 nitrogen and oxygen atoms in total. The number of ether oxygens (including phenoxy) is 1. The third kappa shape index (κ3) is 1.28. The second kappa shape index (κ2) is 3.02. The highest BCUT2D eigenvalue weighted by Crippen LogP contribution is 2.21. The van der Waals surface area contributed by atoms with Gasteiger partial charge in [0.15, 0.2) is 6.61 Å². The van der Waals surface area contributed by atoms with Crippen molar-refractivity contribution >= 4 is 17.7 Å². The van der Waals surface area contributed by atoms with Crippen molar-refractivity contribution in [2.75, 3.05) is 11.5 Å². The maximum absolute atomic E-state index is 11.2. The minimum absolute atomic E-state index is 0.0776. The summed E-state index contributed by atoms with van der Waals surface area (Å²) in [5.41, 5.74) is 0.398. The Labute approximate surface area is 79.5 Å². The highest BCUT2D eigenvalue weighted by atomic mass is 16.6. The van der Waals surface area contributed by atoms with Gasteiger partial charge >= 0.3 is 6.09 Å². The van der Waals surface area contributed by atoms with Crippen LogP contribution in [0.2, 0.25) is 0 Å². The predicted octanol–water partition coefficient (Wildman–Crippen LogP) is 0.875. The van der Waals surface area contributed by atoms with Crippen LogP contribution < -0.4 is 4.90 Å². The lowest BCUT2D eigenvalue weighted by atomic mass is 10.3. The van der Waals surface area contributed by atoms with Crippen LogP contribution in [0.25, 0.3) is 0 Å². The molecule has 1 N–H and O–H groups in total. The molecule has 1 aliphatic heterocycles. The normalized spacial score (nSPS) is 15.9. The quantitative estimate of drug-likeness (QED) is 0.718. The molecular formula is C9H7NO4. The Bertz CT molecular complexity index is 368. The molecule has 0 aliphatic carbocycles. The van der Waals surface area contributed by atoms with Crippen molar-refractivity contribution in [3.05, 3.63) is 24.3 Å². The summed E-state index contributed by atoms with van der Waals surface area (Å²) >= 11 is 0. The van der Waals surface area contributed by atoms with Gasteiger partial charge in [-0.1, -0.05) is 0 Å². The average Bonchev–Trinajstić information content (AvgIpc) is 2.49. The fourth-order valence-corrected chi connectivity index (χ4v) is 1.21. The van der Waals surface area contributed by atoms with E-state index in [0.29, 0.717) is 5.69 Å². The number of imide groups is 1.